The number of alkyl carbamates (subject to hydrolysis) is 1. The van der Waals surface area contributed by atoms with Gasteiger partial charge in [0.25, 0.3) is 11.8 Å². The molecule has 2 atom stereocenters. The molecule has 1 aromatic heterocycles. The van der Waals surface area contributed by atoms with Crippen molar-refractivity contribution in [2.45, 2.75) is 68.4 Å². The number of hydrogen-bond donors (Lipinski definition) is 2. The van der Waals surface area contributed by atoms with Crippen molar-refractivity contribution >= 4 is 39.8 Å². The molecule has 12 nitrogen and oxygen atoms in total. The number of sulfone groups is 1. The Morgan fingerprint density at radius 1 is 0.803 bits per heavy atom. The molecule has 0 radical (unpaired) electrons. The molecule has 7 rings (SSSR count). The predicted octanol–water partition coefficient (Wildman–Crippen LogP) is 7.38. The van der Waals surface area contributed by atoms with Crippen LogP contribution in [0.3, 0.4) is 0 Å². The molecule has 3 heterocycles. The molecular weight excluding hydrogens is 793 g/mol. The van der Waals surface area contributed by atoms with E-state index in [2.05, 4.69) is 15.6 Å². The number of fused-ring (bicyclic) bond motifs is 1. The first-order valence-corrected chi connectivity index (χ1v) is 21.7. The molecule has 0 bridgehead atoms. The van der Waals surface area contributed by atoms with E-state index in [0.29, 0.717) is 37.1 Å². The highest BCUT2D eigenvalue weighted by atomic mass is 32.2. The molecule has 2 aliphatic heterocycles. The van der Waals surface area contributed by atoms with Crippen LogP contribution >= 0.6 is 0 Å². The predicted molar refractivity (Wildman–Crippen MR) is 231 cm³/mol. The van der Waals surface area contributed by atoms with Crippen LogP contribution in [-0.4, -0.2) is 71.4 Å². The zero-order valence-electron chi connectivity index (χ0n) is 34.4. The third kappa shape index (κ3) is 8.83. The molecule has 5 aromatic rings. The Bertz CT molecular complexity index is 2510. The van der Waals surface area contributed by atoms with E-state index in [9.17, 15) is 27.6 Å². The van der Waals surface area contributed by atoms with Crippen molar-refractivity contribution in [3.63, 3.8) is 0 Å². The summed E-state index contributed by atoms with van der Waals surface area (Å²) in [7, 11) is -4.12. The number of ether oxygens (including phenoxy) is 2. The Morgan fingerprint density at radius 2 is 1.36 bits per heavy atom. The highest BCUT2D eigenvalue weighted by Crippen LogP contribution is 2.49. The van der Waals surface area contributed by atoms with Crippen LogP contribution in [0.4, 0.5) is 4.79 Å². The number of nitrogens with zero attached hydrogens (tertiary/aromatic N) is 2. The van der Waals surface area contributed by atoms with E-state index < -0.39 is 55.7 Å². The molecule has 2 aliphatic rings. The largest absolute Gasteiger partial charge is 0.451 e. The number of rotatable bonds is 14. The summed E-state index contributed by atoms with van der Waals surface area (Å²) in [6.45, 7) is 7.19. The van der Waals surface area contributed by atoms with Gasteiger partial charge < -0.3 is 25.0 Å². The first-order chi connectivity index (χ1) is 29.2. The zero-order valence-corrected chi connectivity index (χ0v) is 35.2. The van der Waals surface area contributed by atoms with Crippen LogP contribution in [0.25, 0.3) is 17.2 Å². The van der Waals surface area contributed by atoms with Crippen LogP contribution in [0.1, 0.15) is 79.4 Å². The number of esters is 1. The molecule has 61 heavy (non-hydrogen) atoms. The molecule has 0 saturated carbocycles. The zero-order chi connectivity index (χ0) is 43.4. The average molecular weight is 841 g/mol. The summed E-state index contributed by atoms with van der Waals surface area (Å²) in [5.74, 6) is -1.86. The summed E-state index contributed by atoms with van der Waals surface area (Å²) in [5, 5.41) is 4.23. The summed E-state index contributed by atoms with van der Waals surface area (Å²) < 4.78 is 38.1. The lowest BCUT2D eigenvalue weighted by Gasteiger charge is -2.38. The van der Waals surface area contributed by atoms with Crippen LogP contribution in [0, 0.1) is 0 Å². The smallest absolute Gasteiger partial charge is 0.408 e. The quantitative estimate of drug-likeness (QED) is 0.0503. The van der Waals surface area contributed by atoms with Crippen LogP contribution < -0.4 is 10.6 Å². The van der Waals surface area contributed by atoms with Crippen LogP contribution in [0.5, 0.6) is 0 Å². The third-order valence-corrected chi connectivity index (χ3v) is 13.9. The summed E-state index contributed by atoms with van der Waals surface area (Å²) >= 11 is 0. The fourth-order valence-corrected chi connectivity index (χ4v) is 9.80. The minimum absolute atomic E-state index is 0.0496. The van der Waals surface area contributed by atoms with Gasteiger partial charge in [0.05, 0.1) is 11.3 Å². The molecule has 2 fully saturated rings. The minimum atomic E-state index is -4.12. The third-order valence-electron chi connectivity index (χ3n) is 11.2. The summed E-state index contributed by atoms with van der Waals surface area (Å²) in [4.78, 5) is 58.7. The number of benzene rings is 4. The molecule has 0 unspecified atom stereocenters. The maximum Gasteiger partial charge on any atom is 0.408 e. The van der Waals surface area contributed by atoms with Crippen molar-refractivity contribution in [1.82, 2.24) is 20.5 Å². The molecular formula is C48H48N4O8S. The number of amides is 3. The molecule has 4 aromatic carbocycles. The number of carbonyl (C=O) groups excluding carboxylic acids is 4. The Labute approximate surface area is 355 Å². The minimum Gasteiger partial charge on any atom is -0.451 e. The first-order valence-electron chi connectivity index (χ1n) is 20.1. The molecule has 2 N–H and O–H groups in total. The van der Waals surface area contributed by atoms with Gasteiger partial charge in [0.2, 0.25) is 0 Å². The monoisotopic (exact) mass is 840 g/mol. The number of nitrogens with one attached hydrogen (secondary N) is 2. The maximum atomic E-state index is 14.0. The van der Waals surface area contributed by atoms with Gasteiger partial charge in [-0.05, 0) is 86.6 Å². The van der Waals surface area contributed by atoms with Crippen molar-refractivity contribution in [3.05, 3.63) is 167 Å². The van der Waals surface area contributed by atoms with Crippen molar-refractivity contribution < 1.29 is 37.1 Å². The Balaban J connectivity index is 0.916. The topological polar surface area (TPSA) is 161 Å². The van der Waals surface area contributed by atoms with E-state index in [-0.39, 0.29) is 22.7 Å². The summed E-state index contributed by atoms with van der Waals surface area (Å²) in [6, 6.07) is 37.7. The van der Waals surface area contributed by atoms with Gasteiger partial charge in [-0.1, -0.05) is 115 Å². The van der Waals surface area contributed by atoms with Gasteiger partial charge in [0, 0.05) is 24.8 Å². The highest BCUT2D eigenvalue weighted by molar-refractivity contribution is 7.94. The number of aromatic nitrogens is 1. The van der Waals surface area contributed by atoms with Crippen molar-refractivity contribution in [2.24, 2.45) is 0 Å². The number of hydrogen-bond acceptors (Lipinski definition) is 9. The van der Waals surface area contributed by atoms with Gasteiger partial charge in [-0.3, -0.25) is 14.6 Å². The van der Waals surface area contributed by atoms with Crippen LogP contribution in [0.15, 0.2) is 139 Å². The fraction of sp³-hybridized carbons (Fsp3) is 0.271. The van der Waals surface area contributed by atoms with Gasteiger partial charge in [-0.15, -0.1) is 0 Å². The van der Waals surface area contributed by atoms with E-state index in [1.54, 1.807) is 0 Å². The van der Waals surface area contributed by atoms with Crippen molar-refractivity contribution in [2.75, 3.05) is 13.1 Å². The highest BCUT2D eigenvalue weighted by Gasteiger charge is 2.70. The molecule has 0 aliphatic carbocycles. The second kappa shape index (κ2) is 17.6. The summed E-state index contributed by atoms with van der Waals surface area (Å²) in [5.41, 5.74) is 3.98. The fourth-order valence-electron chi connectivity index (χ4n) is 7.68. The number of β-lactam (4-membered cyclic amide) rings is 1. The number of carbonyl (C=O) groups is 4. The van der Waals surface area contributed by atoms with Crippen LogP contribution in [0.2, 0.25) is 0 Å². The van der Waals surface area contributed by atoms with E-state index in [1.807, 2.05) is 129 Å². The van der Waals surface area contributed by atoms with Gasteiger partial charge in [0.15, 0.2) is 27.4 Å². The van der Waals surface area contributed by atoms with Gasteiger partial charge >= 0.3 is 12.1 Å². The Kier molecular flexibility index (Phi) is 12.2. The van der Waals surface area contributed by atoms with E-state index in [0.717, 1.165) is 21.6 Å². The number of unbranched alkanes of at least 4 members (excludes halogenated alkanes) is 1. The SMILES string of the molecule is CC(C)(OC(=O)NCCCCNC(=O)c1ccnc(/C=C2/C(=O)N3[C@@H](C(=O)OC(c4ccccc4)c4ccccc4)C(C)(C)S(=O)(=O)[C@H]23)c1)c1ccc(-c2ccccc2)cc1. The second-order valence-electron chi connectivity index (χ2n) is 16.1. The van der Waals surface area contributed by atoms with E-state index in [4.69, 9.17) is 9.47 Å². The van der Waals surface area contributed by atoms with Crippen molar-refractivity contribution in [3.8, 4) is 11.1 Å². The lowest BCUT2D eigenvalue weighted by Crippen LogP contribution is -2.59. The first kappa shape index (κ1) is 42.5. The van der Waals surface area contributed by atoms with Gasteiger partial charge in [0.1, 0.15) is 10.3 Å². The molecule has 0 spiro atoms. The molecule has 2 saturated heterocycles. The molecule has 314 valence electrons. The second-order valence-corrected chi connectivity index (χ2v) is 18.6. The average Bonchev–Trinajstić information content (AvgIpc) is 3.41. The van der Waals surface area contributed by atoms with E-state index in [1.165, 1.54) is 38.3 Å². The van der Waals surface area contributed by atoms with Gasteiger partial charge in [-0.25, -0.2) is 18.0 Å². The van der Waals surface area contributed by atoms with Crippen LogP contribution in [-0.2, 0) is 34.5 Å². The molecule has 3 amide bonds. The Morgan fingerprint density at radius 3 is 1.97 bits per heavy atom. The lowest BCUT2D eigenvalue weighted by atomic mass is 9.94. The Hall–Kier alpha value is -6.60. The lowest BCUT2D eigenvalue weighted by molar-refractivity contribution is -0.160. The molecule has 13 heteroatoms. The summed E-state index contributed by atoms with van der Waals surface area (Å²) in [6.07, 6.45) is 2.52. The van der Waals surface area contributed by atoms with Crippen molar-refractivity contribution in [1.29, 1.82) is 0 Å². The number of pyridine rings is 1. The normalized spacial score (nSPS) is 18.2. The van der Waals surface area contributed by atoms with E-state index >= 15 is 0 Å². The van der Waals surface area contributed by atoms with Gasteiger partial charge in [-0.2, -0.15) is 0 Å². The standard InChI is InChI=1S/C48H48N4O8S/c1-47(2,37-24-22-33(23-25-37)32-16-8-5-9-17-32)60-46(56)51-28-15-14-27-50-42(53)36-26-29-49-38(30-36)31-39-43(54)52-41(48(3,4)61(57,58)44(39)52)45(55)59-40(34-18-10-6-11-19-34)35-20-12-7-13-21-35/h5-13,16-26,29-31,40-41,44H,14-15,27-28H2,1-4H3,(H,50,53)(H,51,56)/b39-31-/t41-,44+/m0/s1. The maximum absolute atomic E-state index is 14.0.